The van der Waals surface area contributed by atoms with Crippen LogP contribution in [0.15, 0.2) is 0 Å². The van der Waals surface area contributed by atoms with E-state index in [2.05, 4.69) is 9.03 Å². The van der Waals surface area contributed by atoms with Crippen LogP contribution in [0, 0.1) is 0 Å². The zero-order valence-corrected chi connectivity index (χ0v) is 7.58. The molecule has 0 unspecified atom stereocenters. The van der Waals surface area contributed by atoms with Gasteiger partial charge in [0.2, 0.25) is 0 Å². The first kappa shape index (κ1) is 9.02. The Kier molecular flexibility index (Phi) is 3.88. The van der Waals surface area contributed by atoms with Crippen LogP contribution in [0.25, 0.3) is 0 Å². The highest BCUT2D eigenvalue weighted by atomic mass is 33.1. The van der Waals surface area contributed by atoms with Gasteiger partial charge in [0.05, 0.1) is 0 Å². The molecule has 2 N–H and O–H groups in total. The summed E-state index contributed by atoms with van der Waals surface area (Å²) in [6, 6.07) is 0. The maximum absolute atomic E-state index is 10.0. The second kappa shape index (κ2) is 4.74. The predicted molar refractivity (Wildman–Crippen MR) is 47.1 cm³/mol. The minimum atomic E-state index is -0.985. The average Bonchev–Trinajstić information content (AvgIpc) is 2.39. The van der Waals surface area contributed by atoms with Gasteiger partial charge in [-0.05, 0) is 12.8 Å². The molecule has 1 rings (SSSR count). The topological polar surface area (TPSA) is 52.6 Å². The smallest absolute Gasteiger partial charge is 0.415 e. The Morgan fingerprint density at radius 2 is 2.09 bits per heavy atom. The average molecular weight is 194 g/mol. The fraction of sp³-hybridized carbons (Fsp3) is 0.800. The van der Waals surface area contributed by atoms with E-state index < -0.39 is 6.09 Å². The Labute approximate surface area is 73.4 Å². The first-order valence-electron chi connectivity index (χ1n) is 3.36. The highest BCUT2D eigenvalue weighted by molar-refractivity contribution is 8.75. The molecule has 0 spiro atoms. The van der Waals surface area contributed by atoms with E-state index in [9.17, 15) is 4.79 Å². The maximum atomic E-state index is 10.0. The van der Waals surface area contributed by atoms with E-state index >= 15 is 0 Å². The lowest BCUT2D eigenvalue weighted by molar-refractivity contribution is 0.202. The quantitative estimate of drug-likeness (QED) is 0.527. The van der Waals surface area contributed by atoms with Gasteiger partial charge in [0, 0.05) is 35.0 Å². The van der Waals surface area contributed by atoms with Gasteiger partial charge < -0.3 is 5.11 Å². The van der Waals surface area contributed by atoms with Crippen molar-refractivity contribution >= 4 is 28.1 Å². The first-order valence-corrected chi connectivity index (χ1v) is 5.47. The third kappa shape index (κ3) is 3.74. The van der Waals surface area contributed by atoms with Crippen molar-refractivity contribution in [3.8, 4) is 0 Å². The van der Waals surface area contributed by atoms with Gasteiger partial charge in [0.25, 0.3) is 0 Å². The normalized spacial score (nSPS) is 18.5. The summed E-state index contributed by atoms with van der Waals surface area (Å²) >= 11 is 0. The van der Waals surface area contributed by atoms with E-state index in [1.807, 2.05) is 0 Å². The maximum Gasteiger partial charge on any atom is 0.415 e. The summed E-state index contributed by atoms with van der Waals surface area (Å²) in [5.41, 5.74) is 0. The number of carbonyl (C=O) groups is 1. The predicted octanol–water partition coefficient (Wildman–Crippen LogP) is 1.56. The van der Waals surface area contributed by atoms with Gasteiger partial charge in [0.1, 0.15) is 0 Å². The fourth-order valence-corrected chi connectivity index (χ4v) is 2.58. The molecule has 0 aromatic carbocycles. The molecule has 6 heteroatoms. The molecule has 0 saturated carbocycles. The van der Waals surface area contributed by atoms with Crippen LogP contribution in [0.1, 0.15) is 12.8 Å². The van der Waals surface area contributed by atoms with Crippen LogP contribution in [0.3, 0.4) is 0 Å². The molecule has 0 aliphatic carbocycles. The Morgan fingerprint density at radius 1 is 1.45 bits per heavy atom. The van der Waals surface area contributed by atoms with E-state index in [4.69, 9.17) is 5.11 Å². The molecule has 1 amide bonds. The second-order valence-corrected chi connectivity index (χ2v) is 4.18. The van der Waals surface area contributed by atoms with Gasteiger partial charge in [-0.1, -0.05) is 0 Å². The van der Waals surface area contributed by atoms with Crippen molar-refractivity contribution in [3.63, 3.8) is 0 Å². The fourth-order valence-electron chi connectivity index (χ4n) is 0.870. The molecule has 0 aromatic rings. The van der Waals surface area contributed by atoms with Crippen molar-refractivity contribution < 1.29 is 9.90 Å². The largest absolute Gasteiger partial charge is 0.464 e. The molecule has 64 valence electrons. The summed E-state index contributed by atoms with van der Waals surface area (Å²) in [7, 11) is 2.62. The SMILES string of the molecule is O=C(O)NSSN1CCCC1. The van der Waals surface area contributed by atoms with Crippen molar-refractivity contribution in [1.29, 1.82) is 0 Å². The molecule has 1 saturated heterocycles. The number of hydrogen-bond acceptors (Lipinski definition) is 4. The summed E-state index contributed by atoms with van der Waals surface area (Å²) in [5, 5.41) is 8.22. The molecule has 0 atom stereocenters. The Hall–Kier alpha value is -0.0700. The Bertz CT molecular complexity index is 138. The van der Waals surface area contributed by atoms with Crippen molar-refractivity contribution in [2.75, 3.05) is 13.1 Å². The van der Waals surface area contributed by atoms with Crippen LogP contribution in [0.2, 0.25) is 0 Å². The van der Waals surface area contributed by atoms with Gasteiger partial charge in [0.15, 0.2) is 0 Å². The second-order valence-electron chi connectivity index (χ2n) is 2.20. The van der Waals surface area contributed by atoms with Crippen LogP contribution in [-0.4, -0.2) is 28.6 Å². The number of rotatable bonds is 3. The monoisotopic (exact) mass is 194 g/mol. The Morgan fingerprint density at radius 3 is 2.64 bits per heavy atom. The summed E-state index contributed by atoms with van der Waals surface area (Å²) in [6.07, 6.45) is 1.46. The summed E-state index contributed by atoms with van der Waals surface area (Å²) < 4.78 is 4.38. The minimum Gasteiger partial charge on any atom is -0.464 e. The van der Waals surface area contributed by atoms with E-state index in [1.54, 1.807) is 0 Å². The van der Waals surface area contributed by atoms with Gasteiger partial charge in [-0.15, -0.1) is 0 Å². The van der Waals surface area contributed by atoms with Gasteiger partial charge in [-0.3, -0.25) is 4.72 Å². The number of amides is 1. The van der Waals surface area contributed by atoms with Crippen molar-refractivity contribution in [3.05, 3.63) is 0 Å². The van der Waals surface area contributed by atoms with Crippen molar-refractivity contribution in [1.82, 2.24) is 9.03 Å². The molecule has 1 fully saturated rings. The molecule has 0 radical (unpaired) electrons. The van der Waals surface area contributed by atoms with E-state index in [1.165, 1.54) is 23.8 Å². The Balaban J connectivity index is 1.98. The van der Waals surface area contributed by atoms with Crippen LogP contribution in [0.5, 0.6) is 0 Å². The third-order valence-electron chi connectivity index (χ3n) is 1.34. The zero-order chi connectivity index (χ0) is 8.10. The minimum absolute atomic E-state index is 0.985. The molecule has 11 heavy (non-hydrogen) atoms. The van der Waals surface area contributed by atoms with Crippen LogP contribution >= 0.6 is 22.0 Å². The number of carboxylic acid groups (broad SMARTS) is 1. The van der Waals surface area contributed by atoms with Gasteiger partial charge >= 0.3 is 6.09 Å². The third-order valence-corrected chi connectivity index (χ3v) is 3.35. The number of hydrogen-bond donors (Lipinski definition) is 2. The molecule has 0 aromatic heterocycles. The van der Waals surface area contributed by atoms with Crippen LogP contribution < -0.4 is 4.72 Å². The molecule has 1 heterocycles. The van der Waals surface area contributed by atoms with Crippen molar-refractivity contribution in [2.45, 2.75) is 12.8 Å². The van der Waals surface area contributed by atoms with E-state index in [-0.39, 0.29) is 0 Å². The molecule has 1 aliphatic rings. The zero-order valence-electron chi connectivity index (χ0n) is 5.95. The summed E-state index contributed by atoms with van der Waals surface area (Å²) in [4.78, 5) is 10.0. The lowest BCUT2D eigenvalue weighted by atomic mass is 10.4. The van der Waals surface area contributed by atoms with E-state index in [0.29, 0.717) is 0 Å². The van der Waals surface area contributed by atoms with Crippen molar-refractivity contribution in [2.24, 2.45) is 0 Å². The highest BCUT2D eigenvalue weighted by Gasteiger charge is 2.12. The molecular weight excluding hydrogens is 184 g/mol. The number of nitrogens with zero attached hydrogens (tertiary/aromatic N) is 1. The van der Waals surface area contributed by atoms with Gasteiger partial charge in [-0.25, -0.2) is 9.10 Å². The van der Waals surface area contributed by atoms with Crippen LogP contribution in [0.4, 0.5) is 4.79 Å². The molecule has 0 bridgehead atoms. The lowest BCUT2D eigenvalue weighted by Gasteiger charge is -2.10. The summed E-state index contributed by atoms with van der Waals surface area (Å²) in [5.74, 6) is 0. The first-order chi connectivity index (χ1) is 5.29. The van der Waals surface area contributed by atoms with E-state index in [0.717, 1.165) is 24.1 Å². The lowest BCUT2D eigenvalue weighted by Crippen LogP contribution is -2.13. The van der Waals surface area contributed by atoms with Crippen LogP contribution in [-0.2, 0) is 0 Å². The highest BCUT2D eigenvalue weighted by Crippen LogP contribution is 2.26. The molecule has 1 aliphatic heterocycles. The molecular formula is C5H10N2O2S2. The molecule has 4 nitrogen and oxygen atoms in total. The summed E-state index contributed by atoms with van der Waals surface area (Å²) in [6.45, 7) is 2.14. The number of nitrogens with one attached hydrogen (secondary N) is 1. The van der Waals surface area contributed by atoms with Gasteiger partial charge in [-0.2, -0.15) is 0 Å². The standard InChI is InChI=1S/C5H10N2O2S2/c8-5(9)6-10-11-7-3-1-2-4-7/h6H,1-4H2,(H,8,9).